The molecule has 1 saturated carbocycles. The third-order valence-corrected chi connectivity index (χ3v) is 3.49. The van der Waals surface area contributed by atoms with Crippen molar-refractivity contribution in [3.63, 3.8) is 0 Å². The summed E-state index contributed by atoms with van der Waals surface area (Å²) in [6, 6.07) is 11.7. The smallest absolute Gasteiger partial charge is 0.224 e. The number of aromatic nitrogens is 1. The number of ether oxygens (including phenoxy) is 1. The van der Waals surface area contributed by atoms with Gasteiger partial charge in [-0.25, -0.2) is 4.98 Å². The quantitative estimate of drug-likeness (QED) is 0.783. The molecule has 3 nitrogen and oxygen atoms in total. The number of carbonyl (C=O) groups is 1. The normalized spacial score (nSPS) is 14.7. The fourth-order valence-corrected chi connectivity index (χ4v) is 2.18. The van der Waals surface area contributed by atoms with Gasteiger partial charge in [0.1, 0.15) is 6.10 Å². The molecule has 0 N–H and O–H groups in total. The van der Waals surface area contributed by atoms with Gasteiger partial charge in [-0.2, -0.15) is 0 Å². The first kappa shape index (κ1) is 11.9. The Hall–Kier alpha value is -2.16. The summed E-state index contributed by atoms with van der Waals surface area (Å²) in [6.07, 6.45) is 6.05. The van der Waals surface area contributed by atoms with Crippen LogP contribution in [-0.4, -0.2) is 17.4 Å². The number of pyridine rings is 1. The predicted molar refractivity (Wildman–Crippen MR) is 73.3 cm³/mol. The Balaban J connectivity index is 2.00. The minimum Gasteiger partial charge on any atom is -0.474 e. The average molecular weight is 253 g/mol. The van der Waals surface area contributed by atoms with Gasteiger partial charge in [-0.05, 0) is 36.5 Å². The molecule has 96 valence electrons. The Morgan fingerprint density at radius 1 is 1.16 bits per heavy atom. The van der Waals surface area contributed by atoms with Gasteiger partial charge in [0, 0.05) is 6.20 Å². The van der Waals surface area contributed by atoms with E-state index in [2.05, 4.69) is 4.98 Å². The SMILES string of the molecule is O=Cc1c(-c2ccccc2)ccnc1OC1CCC1. The summed E-state index contributed by atoms with van der Waals surface area (Å²) < 4.78 is 5.79. The number of carbonyl (C=O) groups excluding carboxylic acids is 1. The van der Waals surface area contributed by atoms with E-state index in [4.69, 9.17) is 4.74 Å². The van der Waals surface area contributed by atoms with E-state index in [0.717, 1.165) is 30.3 Å². The van der Waals surface area contributed by atoms with Gasteiger partial charge in [-0.3, -0.25) is 4.79 Å². The second-order valence-electron chi connectivity index (χ2n) is 4.73. The molecule has 3 heteroatoms. The third kappa shape index (κ3) is 2.36. The van der Waals surface area contributed by atoms with Crippen LogP contribution >= 0.6 is 0 Å². The zero-order valence-electron chi connectivity index (χ0n) is 10.6. The zero-order valence-corrected chi connectivity index (χ0v) is 10.6. The monoisotopic (exact) mass is 253 g/mol. The van der Waals surface area contributed by atoms with Gasteiger partial charge in [0.25, 0.3) is 0 Å². The molecule has 0 atom stereocenters. The molecule has 3 rings (SSSR count). The highest BCUT2D eigenvalue weighted by molar-refractivity contribution is 5.90. The van der Waals surface area contributed by atoms with Gasteiger partial charge in [0.2, 0.25) is 5.88 Å². The molecular formula is C16H15NO2. The van der Waals surface area contributed by atoms with E-state index in [1.165, 1.54) is 6.42 Å². The maximum Gasteiger partial charge on any atom is 0.224 e. The van der Waals surface area contributed by atoms with Crippen LogP contribution in [0.25, 0.3) is 11.1 Å². The van der Waals surface area contributed by atoms with Gasteiger partial charge in [-0.1, -0.05) is 30.3 Å². The predicted octanol–water partition coefficient (Wildman–Crippen LogP) is 3.49. The van der Waals surface area contributed by atoms with Crippen LogP contribution in [0.4, 0.5) is 0 Å². The molecule has 0 spiro atoms. The summed E-state index contributed by atoms with van der Waals surface area (Å²) in [5.74, 6) is 0.459. The number of rotatable bonds is 4. The van der Waals surface area contributed by atoms with E-state index in [1.807, 2.05) is 36.4 Å². The van der Waals surface area contributed by atoms with Crippen molar-refractivity contribution >= 4 is 6.29 Å². The lowest BCUT2D eigenvalue weighted by atomic mass is 9.96. The van der Waals surface area contributed by atoms with Gasteiger partial charge in [0.15, 0.2) is 6.29 Å². The molecule has 1 aliphatic rings. The minimum absolute atomic E-state index is 0.220. The summed E-state index contributed by atoms with van der Waals surface area (Å²) >= 11 is 0. The van der Waals surface area contributed by atoms with Crippen LogP contribution in [0.5, 0.6) is 5.88 Å². The number of hydrogen-bond donors (Lipinski definition) is 0. The lowest BCUT2D eigenvalue weighted by Gasteiger charge is -2.26. The summed E-state index contributed by atoms with van der Waals surface area (Å²) in [4.78, 5) is 15.6. The number of hydrogen-bond acceptors (Lipinski definition) is 3. The Kier molecular flexibility index (Phi) is 3.27. The molecule has 0 unspecified atom stereocenters. The maximum absolute atomic E-state index is 11.4. The minimum atomic E-state index is 0.220. The Labute approximate surface area is 112 Å². The van der Waals surface area contributed by atoms with Crippen molar-refractivity contribution in [3.8, 4) is 17.0 Å². The molecule has 0 amide bonds. The van der Waals surface area contributed by atoms with Crippen molar-refractivity contribution < 1.29 is 9.53 Å². The van der Waals surface area contributed by atoms with Crippen molar-refractivity contribution in [3.05, 3.63) is 48.2 Å². The fourth-order valence-electron chi connectivity index (χ4n) is 2.18. The molecule has 0 radical (unpaired) electrons. The summed E-state index contributed by atoms with van der Waals surface area (Å²) in [6.45, 7) is 0. The van der Waals surface area contributed by atoms with Crippen LogP contribution in [0, 0.1) is 0 Å². The first-order chi connectivity index (χ1) is 9.38. The van der Waals surface area contributed by atoms with Gasteiger partial charge in [-0.15, -0.1) is 0 Å². The molecule has 1 aromatic heterocycles. The fraction of sp³-hybridized carbons (Fsp3) is 0.250. The van der Waals surface area contributed by atoms with Crippen molar-refractivity contribution in [1.82, 2.24) is 4.98 Å². The maximum atomic E-state index is 11.4. The van der Waals surface area contributed by atoms with Gasteiger partial charge in [0.05, 0.1) is 5.56 Å². The molecule has 19 heavy (non-hydrogen) atoms. The lowest BCUT2D eigenvalue weighted by molar-refractivity contribution is 0.105. The molecule has 2 aromatic rings. The van der Waals surface area contributed by atoms with E-state index < -0.39 is 0 Å². The average Bonchev–Trinajstić information content (AvgIpc) is 2.43. The summed E-state index contributed by atoms with van der Waals surface area (Å²) in [5.41, 5.74) is 2.42. The van der Waals surface area contributed by atoms with E-state index in [0.29, 0.717) is 11.4 Å². The van der Waals surface area contributed by atoms with Crippen LogP contribution in [0.2, 0.25) is 0 Å². The zero-order chi connectivity index (χ0) is 13.1. The van der Waals surface area contributed by atoms with Gasteiger partial charge < -0.3 is 4.74 Å². The second kappa shape index (κ2) is 5.22. The third-order valence-electron chi connectivity index (χ3n) is 3.49. The summed E-state index contributed by atoms with van der Waals surface area (Å²) in [5, 5.41) is 0. The summed E-state index contributed by atoms with van der Waals surface area (Å²) in [7, 11) is 0. The Morgan fingerprint density at radius 2 is 1.95 bits per heavy atom. The molecule has 1 heterocycles. The lowest BCUT2D eigenvalue weighted by Crippen LogP contribution is -2.25. The molecule has 0 aliphatic heterocycles. The molecule has 1 aromatic carbocycles. The van der Waals surface area contributed by atoms with Crippen LogP contribution in [0.1, 0.15) is 29.6 Å². The second-order valence-corrected chi connectivity index (χ2v) is 4.73. The number of benzene rings is 1. The largest absolute Gasteiger partial charge is 0.474 e. The standard InChI is InChI=1S/C16H15NO2/c18-11-15-14(12-5-2-1-3-6-12)9-10-17-16(15)19-13-7-4-8-13/h1-3,5-6,9-11,13H,4,7-8H2. The molecule has 1 fully saturated rings. The first-order valence-corrected chi connectivity index (χ1v) is 6.55. The Bertz CT molecular complexity index is 577. The molecule has 0 bridgehead atoms. The number of aldehydes is 1. The van der Waals surface area contributed by atoms with Crippen LogP contribution in [-0.2, 0) is 0 Å². The van der Waals surface area contributed by atoms with Crippen molar-refractivity contribution in [2.75, 3.05) is 0 Å². The highest BCUT2D eigenvalue weighted by Gasteiger charge is 2.22. The topological polar surface area (TPSA) is 39.2 Å². The van der Waals surface area contributed by atoms with E-state index >= 15 is 0 Å². The Morgan fingerprint density at radius 3 is 2.58 bits per heavy atom. The van der Waals surface area contributed by atoms with Crippen molar-refractivity contribution in [1.29, 1.82) is 0 Å². The highest BCUT2D eigenvalue weighted by Crippen LogP contribution is 2.30. The number of nitrogens with zero attached hydrogens (tertiary/aromatic N) is 1. The van der Waals surface area contributed by atoms with Gasteiger partial charge >= 0.3 is 0 Å². The van der Waals surface area contributed by atoms with Crippen LogP contribution in [0.15, 0.2) is 42.6 Å². The molecule has 1 aliphatic carbocycles. The highest BCUT2D eigenvalue weighted by atomic mass is 16.5. The van der Waals surface area contributed by atoms with E-state index in [9.17, 15) is 4.79 Å². The van der Waals surface area contributed by atoms with E-state index in [-0.39, 0.29) is 6.10 Å². The molecular weight excluding hydrogens is 238 g/mol. The van der Waals surface area contributed by atoms with Crippen molar-refractivity contribution in [2.45, 2.75) is 25.4 Å². The first-order valence-electron chi connectivity index (χ1n) is 6.55. The van der Waals surface area contributed by atoms with Crippen molar-refractivity contribution in [2.24, 2.45) is 0 Å². The molecule has 0 saturated heterocycles. The van der Waals surface area contributed by atoms with E-state index in [1.54, 1.807) is 6.20 Å². The van der Waals surface area contributed by atoms with Crippen LogP contribution in [0.3, 0.4) is 0 Å². The van der Waals surface area contributed by atoms with Crippen LogP contribution < -0.4 is 4.74 Å².